The standard InChI is InChI=1S/C26H30N4O2S/c1-3-32-23-9-5-4-7-20(23)17-29-25(31)21-8-6-16-30(18-21)24-26(28-15-14-27-24)33-22-12-10-19(2)11-13-22/h4-5,7,9-15,21H,3,6,8,16-18H2,1-2H3,(H,29,31)/t21-/m1/s1. The van der Waals surface area contributed by atoms with E-state index in [1.165, 1.54) is 5.56 Å². The third-order valence-corrected chi connectivity index (χ3v) is 6.69. The fraction of sp³-hybridized carbons (Fsp3) is 0.346. The second kappa shape index (κ2) is 11.2. The largest absolute Gasteiger partial charge is 0.494 e. The Morgan fingerprint density at radius 3 is 2.76 bits per heavy atom. The summed E-state index contributed by atoms with van der Waals surface area (Å²) in [6.07, 6.45) is 5.27. The average molecular weight is 463 g/mol. The summed E-state index contributed by atoms with van der Waals surface area (Å²) in [5.41, 5.74) is 2.22. The second-order valence-electron chi connectivity index (χ2n) is 8.14. The smallest absolute Gasteiger partial charge is 0.225 e. The van der Waals surface area contributed by atoms with E-state index in [2.05, 4.69) is 51.4 Å². The number of ether oxygens (including phenoxy) is 1. The quantitative estimate of drug-likeness (QED) is 0.515. The maximum atomic E-state index is 13.0. The van der Waals surface area contributed by atoms with Crippen molar-refractivity contribution in [3.8, 4) is 5.75 Å². The predicted octanol–water partition coefficient (Wildman–Crippen LogP) is 4.87. The molecule has 0 bridgehead atoms. The maximum absolute atomic E-state index is 13.0. The van der Waals surface area contributed by atoms with Gasteiger partial charge in [0, 0.05) is 42.5 Å². The number of benzene rings is 2. The van der Waals surface area contributed by atoms with Crippen LogP contribution in [0.5, 0.6) is 5.75 Å². The normalized spacial score (nSPS) is 15.8. The van der Waals surface area contributed by atoms with E-state index in [1.54, 1.807) is 24.2 Å². The first-order valence-corrected chi connectivity index (χ1v) is 12.2. The van der Waals surface area contributed by atoms with Gasteiger partial charge in [0.2, 0.25) is 5.91 Å². The van der Waals surface area contributed by atoms with Crippen molar-refractivity contribution < 1.29 is 9.53 Å². The van der Waals surface area contributed by atoms with Crippen molar-refractivity contribution in [2.75, 3.05) is 24.6 Å². The van der Waals surface area contributed by atoms with Gasteiger partial charge in [-0.15, -0.1) is 0 Å². The topological polar surface area (TPSA) is 67.3 Å². The minimum Gasteiger partial charge on any atom is -0.494 e. The van der Waals surface area contributed by atoms with Gasteiger partial charge in [-0.3, -0.25) is 4.79 Å². The molecular formula is C26H30N4O2S. The molecule has 172 valence electrons. The number of aromatic nitrogens is 2. The molecule has 1 aliphatic heterocycles. The molecule has 0 spiro atoms. The molecule has 0 aliphatic carbocycles. The molecule has 1 amide bonds. The Morgan fingerprint density at radius 1 is 1.15 bits per heavy atom. The van der Waals surface area contributed by atoms with Crippen LogP contribution in [-0.2, 0) is 11.3 Å². The molecule has 0 radical (unpaired) electrons. The zero-order chi connectivity index (χ0) is 23.0. The maximum Gasteiger partial charge on any atom is 0.225 e. The molecule has 3 aromatic rings. The van der Waals surface area contributed by atoms with Gasteiger partial charge in [0.1, 0.15) is 10.8 Å². The fourth-order valence-corrected chi connectivity index (χ4v) is 4.86. The highest BCUT2D eigenvalue weighted by Gasteiger charge is 2.28. The molecule has 2 aromatic carbocycles. The molecule has 1 aliphatic rings. The Kier molecular flexibility index (Phi) is 7.83. The number of aryl methyl sites for hydroxylation is 1. The lowest BCUT2D eigenvalue weighted by Gasteiger charge is -2.33. The zero-order valence-electron chi connectivity index (χ0n) is 19.2. The van der Waals surface area contributed by atoms with Crippen LogP contribution >= 0.6 is 11.8 Å². The molecule has 6 nitrogen and oxygen atoms in total. The Morgan fingerprint density at radius 2 is 1.94 bits per heavy atom. The molecule has 7 heteroatoms. The molecule has 33 heavy (non-hydrogen) atoms. The van der Waals surface area contributed by atoms with Gasteiger partial charge in [-0.25, -0.2) is 9.97 Å². The number of nitrogens with one attached hydrogen (secondary N) is 1. The summed E-state index contributed by atoms with van der Waals surface area (Å²) in [6.45, 7) is 6.62. The second-order valence-corrected chi connectivity index (χ2v) is 9.21. The molecule has 4 rings (SSSR count). The summed E-state index contributed by atoms with van der Waals surface area (Å²) >= 11 is 1.61. The van der Waals surface area contributed by atoms with Crippen LogP contribution in [0.15, 0.2) is 70.8 Å². The van der Waals surface area contributed by atoms with Crippen LogP contribution in [0, 0.1) is 12.8 Å². The van der Waals surface area contributed by atoms with Crippen molar-refractivity contribution in [2.24, 2.45) is 5.92 Å². The van der Waals surface area contributed by atoms with E-state index in [4.69, 9.17) is 4.74 Å². The number of nitrogens with zero attached hydrogens (tertiary/aromatic N) is 3. The van der Waals surface area contributed by atoms with Crippen molar-refractivity contribution in [1.29, 1.82) is 0 Å². The van der Waals surface area contributed by atoms with Gasteiger partial charge in [-0.2, -0.15) is 0 Å². The van der Waals surface area contributed by atoms with E-state index in [0.717, 1.165) is 46.4 Å². The van der Waals surface area contributed by atoms with Gasteiger partial charge in [-0.1, -0.05) is 47.7 Å². The van der Waals surface area contributed by atoms with Crippen molar-refractivity contribution in [3.05, 3.63) is 72.1 Å². The first-order valence-electron chi connectivity index (χ1n) is 11.4. The van der Waals surface area contributed by atoms with Crippen molar-refractivity contribution in [1.82, 2.24) is 15.3 Å². The monoisotopic (exact) mass is 462 g/mol. The molecule has 0 saturated carbocycles. The Balaban J connectivity index is 1.41. The first kappa shape index (κ1) is 23.1. The van der Waals surface area contributed by atoms with Crippen LogP contribution in [0.4, 0.5) is 5.82 Å². The molecule has 1 atom stereocenters. The van der Waals surface area contributed by atoms with Crippen molar-refractivity contribution >= 4 is 23.5 Å². The summed E-state index contributed by atoms with van der Waals surface area (Å²) in [5, 5.41) is 3.98. The zero-order valence-corrected chi connectivity index (χ0v) is 20.0. The Hall–Kier alpha value is -3.06. The summed E-state index contributed by atoms with van der Waals surface area (Å²) in [7, 11) is 0. The van der Waals surface area contributed by atoms with E-state index < -0.39 is 0 Å². The lowest BCUT2D eigenvalue weighted by atomic mass is 9.97. The number of carbonyl (C=O) groups is 1. The minimum atomic E-state index is -0.0859. The van der Waals surface area contributed by atoms with Crippen LogP contribution in [0.2, 0.25) is 0 Å². The van der Waals surface area contributed by atoms with Crippen LogP contribution in [0.25, 0.3) is 0 Å². The number of carbonyl (C=O) groups excluding carboxylic acids is 1. The molecule has 2 heterocycles. The van der Waals surface area contributed by atoms with Crippen molar-refractivity contribution in [2.45, 2.75) is 43.2 Å². The highest BCUT2D eigenvalue weighted by Crippen LogP contribution is 2.34. The summed E-state index contributed by atoms with van der Waals surface area (Å²) in [6, 6.07) is 16.3. The van der Waals surface area contributed by atoms with Gasteiger partial charge < -0.3 is 15.0 Å². The first-order chi connectivity index (χ1) is 16.1. The molecule has 1 fully saturated rings. The van der Waals surface area contributed by atoms with Crippen LogP contribution in [-0.4, -0.2) is 35.6 Å². The highest BCUT2D eigenvalue weighted by molar-refractivity contribution is 7.99. The molecule has 1 saturated heterocycles. The third-order valence-electron chi connectivity index (χ3n) is 5.70. The Labute approximate surface area is 199 Å². The van der Waals surface area contributed by atoms with E-state index in [-0.39, 0.29) is 11.8 Å². The molecule has 1 N–H and O–H groups in total. The Bertz CT molecular complexity index is 1070. The number of hydrogen-bond acceptors (Lipinski definition) is 6. The number of amides is 1. The molecule has 1 aromatic heterocycles. The fourth-order valence-electron chi connectivity index (χ4n) is 3.98. The summed E-state index contributed by atoms with van der Waals surface area (Å²) in [4.78, 5) is 25.6. The number of rotatable bonds is 8. The van der Waals surface area contributed by atoms with Gasteiger partial charge in [0.15, 0.2) is 5.82 Å². The highest BCUT2D eigenvalue weighted by atomic mass is 32.2. The van der Waals surface area contributed by atoms with E-state index in [1.807, 2.05) is 31.2 Å². The number of piperidine rings is 1. The number of para-hydroxylation sites is 1. The van der Waals surface area contributed by atoms with Crippen LogP contribution in [0.1, 0.15) is 30.9 Å². The van der Waals surface area contributed by atoms with E-state index in [0.29, 0.717) is 19.7 Å². The molecular weight excluding hydrogens is 432 g/mol. The van der Waals surface area contributed by atoms with Crippen LogP contribution < -0.4 is 15.0 Å². The van der Waals surface area contributed by atoms with Gasteiger partial charge >= 0.3 is 0 Å². The number of anilines is 1. The SMILES string of the molecule is CCOc1ccccc1CNC(=O)[C@@H]1CCCN(c2nccnc2Sc2ccc(C)cc2)C1. The van der Waals surface area contributed by atoms with Gasteiger partial charge in [0.25, 0.3) is 0 Å². The van der Waals surface area contributed by atoms with Crippen LogP contribution in [0.3, 0.4) is 0 Å². The van der Waals surface area contributed by atoms with Crippen molar-refractivity contribution in [3.63, 3.8) is 0 Å². The van der Waals surface area contributed by atoms with E-state index in [9.17, 15) is 4.79 Å². The lowest BCUT2D eigenvalue weighted by molar-refractivity contribution is -0.125. The van der Waals surface area contributed by atoms with Gasteiger partial charge in [-0.05, 0) is 44.9 Å². The summed E-state index contributed by atoms with van der Waals surface area (Å²) in [5.74, 6) is 1.66. The van der Waals surface area contributed by atoms with E-state index >= 15 is 0 Å². The number of hydrogen-bond donors (Lipinski definition) is 1. The average Bonchev–Trinajstić information content (AvgIpc) is 2.85. The third kappa shape index (κ3) is 6.05. The van der Waals surface area contributed by atoms with Gasteiger partial charge in [0.05, 0.1) is 12.5 Å². The molecule has 0 unspecified atom stereocenters. The summed E-state index contributed by atoms with van der Waals surface area (Å²) < 4.78 is 5.68. The lowest BCUT2D eigenvalue weighted by Crippen LogP contribution is -2.43. The minimum absolute atomic E-state index is 0.0719. The predicted molar refractivity (Wildman–Crippen MR) is 132 cm³/mol.